The van der Waals surface area contributed by atoms with Crippen molar-refractivity contribution in [2.45, 2.75) is 4.90 Å². The van der Waals surface area contributed by atoms with Gasteiger partial charge in [-0.25, -0.2) is 0 Å². The second-order valence-electron chi connectivity index (χ2n) is 5.70. The normalized spacial score (nSPS) is 12.3. The van der Waals surface area contributed by atoms with Crippen LogP contribution in [0.1, 0.15) is 0 Å². The van der Waals surface area contributed by atoms with E-state index in [1.54, 1.807) is 6.07 Å². The molecule has 4 aromatic rings. The molecular formula is C18H13N3O4S. The highest BCUT2D eigenvalue weighted by Crippen LogP contribution is 2.38. The lowest BCUT2D eigenvalue weighted by Crippen LogP contribution is -1.96. The molecule has 0 aliphatic rings. The number of aromatic hydroxyl groups is 1. The monoisotopic (exact) mass is 367 g/mol. The highest BCUT2D eigenvalue weighted by atomic mass is 32.2. The third kappa shape index (κ3) is 2.81. The van der Waals surface area contributed by atoms with Gasteiger partial charge in [-0.15, -0.1) is 10.2 Å². The fourth-order valence-corrected chi connectivity index (χ4v) is 3.31. The number of hydrogen-bond donors (Lipinski definition) is 3. The standard InChI is InChI=1S/C18H13N3O4S/c22-18-17(14-10-12(26(23,24)25)8-9-15(14)19-18)21-20-16-7-3-5-11-4-1-2-6-13(11)16/h1-10,19,22H,(H,23,24,25). The second kappa shape index (κ2) is 5.94. The molecule has 0 radical (unpaired) electrons. The van der Waals surface area contributed by atoms with Gasteiger partial charge in [-0.1, -0.05) is 36.4 Å². The van der Waals surface area contributed by atoms with Crippen molar-refractivity contribution < 1.29 is 18.1 Å². The molecule has 3 aromatic carbocycles. The van der Waals surface area contributed by atoms with Gasteiger partial charge in [0.15, 0.2) is 5.69 Å². The largest absolute Gasteiger partial charge is 0.493 e. The number of rotatable bonds is 3. The Hall–Kier alpha value is -3.23. The molecule has 0 unspecified atom stereocenters. The van der Waals surface area contributed by atoms with Gasteiger partial charge in [0.25, 0.3) is 10.1 Å². The number of fused-ring (bicyclic) bond motifs is 2. The first kappa shape index (κ1) is 16.2. The predicted molar refractivity (Wildman–Crippen MR) is 97.9 cm³/mol. The highest BCUT2D eigenvalue weighted by molar-refractivity contribution is 7.85. The molecule has 1 aromatic heterocycles. The molecule has 0 aliphatic carbocycles. The fourth-order valence-electron chi connectivity index (χ4n) is 2.80. The molecule has 0 fully saturated rings. The number of aromatic nitrogens is 1. The predicted octanol–water partition coefficient (Wildman–Crippen LogP) is 4.69. The number of azo groups is 1. The Morgan fingerprint density at radius 3 is 2.46 bits per heavy atom. The lowest BCUT2D eigenvalue weighted by Gasteiger charge is -2.00. The molecule has 0 spiro atoms. The number of H-pyrrole nitrogens is 1. The average Bonchev–Trinajstić information content (AvgIpc) is 2.93. The van der Waals surface area contributed by atoms with Crippen molar-refractivity contribution in [1.29, 1.82) is 0 Å². The molecule has 0 bridgehead atoms. The van der Waals surface area contributed by atoms with Gasteiger partial charge in [-0.3, -0.25) is 4.55 Å². The van der Waals surface area contributed by atoms with Crippen LogP contribution in [0.2, 0.25) is 0 Å². The summed E-state index contributed by atoms with van der Waals surface area (Å²) in [5.41, 5.74) is 1.18. The zero-order valence-corrected chi connectivity index (χ0v) is 14.1. The third-order valence-corrected chi connectivity index (χ3v) is 4.90. The summed E-state index contributed by atoms with van der Waals surface area (Å²) in [6.45, 7) is 0. The molecule has 26 heavy (non-hydrogen) atoms. The van der Waals surface area contributed by atoms with Crippen LogP contribution in [0.15, 0.2) is 75.8 Å². The molecule has 0 aliphatic heterocycles. The van der Waals surface area contributed by atoms with Gasteiger partial charge in [0, 0.05) is 10.8 Å². The minimum atomic E-state index is -4.37. The molecule has 0 saturated carbocycles. The van der Waals surface area contributed by atoms with Crippen LogP contribution in [0.3, 0.4) is 0 Å². The van der Waals surface area contributed by atoms with Gasteiger partial charge in [0.2, 0.25) is 5.88 Å². The van der Waals surface area contributed by atoms with Crippen LogP contribution >= 0.6 is 0 Å². The lowest BCUT2D eigenvalue weighted by molar-refractivity contribution is 0.459. The van der Waals surface area contributed by atoms with E-state index in [9.17, 15) is 18.1 Å². The molecule has 8 heteroatoms. The zero-order chi connectivity index (χ0) is 18.3. The number of nitrogens with zero attached hydrogens (tertiary/aromatic N) is 2. The van der Waals surface area contributed by atoms with Crippen molar-refractivity contribution >= 4 is 43.2 Å². The van der Waals surface area contributed by atoms with Crippen LogP contribution in [0.5, 0.6) is 5.88 Å². The minimum absolute atomic E-state index is 0.0958. The van der Waals surface area contributed by atoms with E-state index in [-0.39, 0.29) is 16.5 Å². The van der Waals surface area contributed by atoms with Crippen molar-refractivity contribution in [3.63, 3.8) is 0 Å². The maximum Gasteiger partial charge on any atom is 0.294 e. The van der Waals surface area contributed by atoms with E-state index in [1.165, 1.54) is 18.2 Å². The Labute approximate surface area is 148 Å². The minimum Gasteiger partial charge on any atom is -0.493 e. The third-order valence-electron chi connectivity index (χ3n) is 4.05. The van der Waals surface area contributed by atoms with E-state index < -0.39 is 10.1 Å². The van der Waals surface area contributed by atoms with Crippen LogP contribution in [0, 0.1) is 0 Å². The van der Waals surface area contributed by atoms with Gasteiger partial charge in [-0.05, 0) is 29.7 Å². The van der Waals surface area contributed by atoms with Crippen molar-refractivity contribution in [3.8, 4) is 5.88 Å². The summed E-state index contributed by atoms with van der Waals surface area (Å²) in [4.78, 5) is 2.42. The quantitative estimate of drug-likeness (QED) is 0.360. The fraction of sp³-hybridized carbons (Fsp3) is 0. The van der Waals surface area contributed by atoms with Crippen molar-refractivity contribution in [2.75, 3.05) is 0 Å². The summed E-state index contributed by atoms with van der Waals surface area (Å²) in [6, 6.07) is 17.2. The SMILES string of the molecule is O=S(=O)(O)c1ccc2[nH]c(O)c(N=Nc3cccc4ccccc34)c2c1. The van der Waals surface area contributed by atoms with Gasteiger partial charge in [0.1, 0.15) is 0 Å². The van der Waals surface area contributed by atoms with Crippen LogP contribution in [-0.2, 0) is 10.1 Å². The molecule has 130 valence electrons. The van der Waals surface area contributed by atoms with Crippen molar-refractivity contribution in [1.82, 2.24) is 4.98 Å². The Morgan fingerprint density at radius 1 is 0.885 bits per heavy atom. The number of nitrogens with one attached hydrogen (secondary N) is 1. The van der Waals surface area contributed by atoms with E-state index in [4.69, 9.17) is 0 Å². The molecule has 0 saturated heterocycles. The van der Waals surface area contributed by atoms with Gasteiger partial charge < -0.3 is 10.1 Å². The Morgan fingerprint density at radius 2 is 1.65 bits per heavy atom. The van der Waals surface area contributed by atoms with Crippen molar-refractivity contribution in [3.05, 3.63) is 60.7 Å². The van der Waals surface area contributed by atoms with Gasteiger partial charge in [-0.2, -0.15) is 8.42 Å². The summed E-state index contributed by atoms with van der Waals surface area (Å²) in [6.07, 6.45) is 0. The van der Waals surface area contributed by atoms with Crippen LogP contribution < -0.4 is 0 Å². The lowest BCUT2D eigenvalue weighted by atomic mass is 10.1. The first-order chi connectivity index (χ1) is 12.4. The summed E-state index contributed by atoms with van der Waals surface area (Å²) in [5, 5.41) is 20.7. The maximum atomic E-state index is 11.3. The molecular weight excluding hydrogens is 354 g/mol. The summed E-state index contributed by atoms with van der Waals surface area (Å²) >= 11 is 0. The maximum absolute atomic E-state index is 11.3. The van der Waals surface area contributed by atoms with Crippen molar-refractivity contribution in [2.24, 2.45) is 10.2 Å². The van der Waals surface area contributed by atoms with Gasteiger partial charge >= 0.3 is 0 Å². The Kier molecular flexibility index (Phi) is 3.71. The van der Waals surface area contributed by atoms with E-state index >= 15 is 0 Å². The van der Waals surface area contributed by atoms with E-state index in [0.717, 1.165) is 10.8 Å². The first-order valence-electron chi connectivity index (χ1n) is 7.65. The van der Waals surface area contributed by atoms with E-state index in [2.05, 4.69) is 15.2 Å². The molecule has 0 amide bonds. The summed E-state index contributed by atoms with van der Waals surface area (Å²) < 4.78 is 31.9. The topological polar surface area (TPSA) is 115 Å². The summed E-state index contributed by atoms with van der Waals surface area (Å²) in [7, 11) is -4.37. The molecule has 7 nitrogen and oxygen atoms in total. The Bertz CT molecular complexity index is 1270. The average molecular weight is 367 g/mol. The molecule has 4 rings (SSSR count). The van der Waals surface area contributed by atoms with Crippen LogP contribution in [0.25, 0.3) is 21.7 Å². The Balaban J connectivity index is 1.86. The number of aromatic amines is 1. The molecule has 0 atom stereocenters. The number of hydrogen-bond acceptors (Lipinski definition) is 5. The van der Waals surface area contributed by atoms with Gasteiger partial charge in [0.05, 0.1) is 16.1 Å². The second-order valence-corrected chi connectivity index (χ2v) is 7.12. The first-order valence-corrected chi connectivity index (χ1v) is 9.09. The van der Waals surface area contributed by atoms with E-state index in [1.807, 2.05) is 36.4 Å². The molecule has 1 heterocycles. The highest BCUT2D eigenvalue weighted by Gasteiger charge is 2.16. The summed E-state index contributed by atoms with van der Waals surface area (Å²) in [5.74, 6) is -0.239. The zero-order valence-electron chi connectivity index (χ0n) is 13.3. The molecule has 3 N–H and O–H groups in total. The number of benzene rings is 3. The van der Waals surface area contributed by atoms with Crippen LogP contribution in [-0.4, -0.2) is 23.1 Å². The van der Waals surface area contributed by atoms with Crippen LogP contribution in [0.4, 0.5) is 11.4 Å². The van der Waals surface area contributed by atoms with E-state index in [0.29, 0.717) is 16.6 Å². The smallest absolute Gasteiger partial charge is 0.294 e.